The predicted molar refractivity (Wildman–Crippen MR) is 174 cm³/mol. The summed E-state index contributed by atoms with van der Waals surface area (Å²) in [6.45, 7) is 4.72. The van der Waals surface area contributed by atoms with E-state index in [0.717, 1.165) is 32.1 Å². The quantitative estimate of drug-likeness (QED) is 0.254. The number of aromatic nitrogens is 1. The van der Waals surface area contributed by atoms with Crippen LogP contribution in [0.15, 0.2) is 115 Å². The zero-order valence-corrected chi connectivity index (χ0v) is 24.0. The summed E-state index contributed by atoms with van der Waals surface area (Å²) in [6, 6.07) is 23.7. The Balaban J connectivity index is 1.31. The third-order valence-electron chi connectivity index (χ3n) is 9.62. The van der Waals surface area contributed by atoms with Crippen molar-refractivity contribution in [1.29, 1.82) is 0 Å². The van der Waals surface area contributed by atoms with Crippen molar-refractivity contribution in [3.8, 4) is 11.1 Å². The number of hydrogen-bond acceptors (Lipinski definition) is 1. The van der Waals surface area contributed by atoms with Gasteiger partial charge in [0, 0.05) is 39.1 Å². The molecule has 0 saturated heterocycles. The molecule has 3 aromatic carbocycles. The van der Waals surface area contributed by atoms with Crippen LogP contribution in [0.4, 0.5) is 11.4 Å². The van der Waals surface area contributed by atoms with E-state index in [1.54, 1.807) is 0 Å². The Morgan fingerprint density at radius 2 is 1.61 bits per heavy atom. The summed E-state index contributed by atoms with van der Waals surface area (Å²) >= 11 is 0. The van der Waals surface area contributed by atoms with Crippen molar-refractivity contribution in [2.75, 3.05) is 4.90 Å². The summed E-state index contributed by atoms with van der Waals surface area (Å²) in [5.41, 5.74) is 13.7. The molecule has 0 bridgehead atoms. The van der Waals surface area contributed by atoms with Crippen molar-refractivity contribution in [3.05, 3.63) is 137 Å². The second kappa shape index (κ2) is 9.38. The van der Waals surface area contributed by atoms with Gasteiger partial charge in [0.25, 0.3) is 0 Å². The van der Waals surface area contributed by atoms with Gasteiger partial charge in [-0.15, -0.1) is 0 Å². The number of hydrogen-bond donors (Lipinski definition) is 0. The molecule has 4 aromatic rings. The molecule has 0 radical (unpaired) electrons. The Labute approximate surface area is 243 Å². The molecule has 1 heterocycles. The molecule has 0 aliphatic heterocycles. The van der Waals surface area contributed by atoms with Crippen LogP contribution in [0.3, 0.4) is 0 Å². The zero-order valence-electron chi connectivity index (χ0n) is 24.0. The van der Waals surface area contributed by atoms with Crippen molar-refractivity contribution >= 4 is 28.4 Å². The normalized spacial score (nSPS) is 19.7. The van der Waals surface area contributed by atoms with Crippen molar-refractivity contribution < 1.29 is 0 Å². The van der Waals surface area contributed by atoms with Gasteiger partial charge < -0.3 is 9.47 Å². The van der Waals surface area contributed by atoms with E-state index in [0.29, 0.717) is 6.04 Å². The molecule has 0 fully saturated rings. The van der Waals surface area contributed by atoms with Gasteiger partial charge in [-0.05, 0) is 102 Å². The molecule has 4 aliphatic carbocycles. The highest BCUT2D eigenvalue weighted by atomic mass is 15.1. The summed E-state index contributed by atoms with van der Waals surface area (Å²) in [7, 11) is 0. The molecule has 0 N–H and O–H groups in total. The second-order valence-corrected chi connectivity index (χ2v) is 12.4. The van der Waals surface area contributed by atoms with Crippen LogP contribution in [0.2, 0.25) is 0 Å². The summed E-state index contributed by atoms with van der Waals surface area (Å²) in [5.74, 6) is 0. The zero-order chi connectivity index (χ0) is 27.6. The molecule has 4 aliphatic rings. The van der Waals surface area contributed by atoms with E-state index in [2.05, 4.69) is 139 Å². The first-order valence-corrected chi connectivity index (χ1v) is 15.2. The lowest BCUT2D eigenvalue weighted by molar-refractivity contribution is 0.621. The minimum Gasteiger partial charge on any atom is -0.333 e. The number of nitrogens with zero attached hydrogens (tertiary/aromatic N) is 2. The molecule has 41 heavy (non-hydrogen) atoms. The summed E-state index contributed by atoms with van der Waals surface area (Å²) in [4.78, 5) is 2.52. The molecule has 202 valence electrons. The molecular formula is C39H36N2. The van der Waals surface area contributed by atoms with Crippen molar-refractivity contribution in [3.63, 3.8) is 0 Å². The van der Waals surface area contributed by atoms with Crippen LogP contribution in [0.5, 0.6) is 0 Å². The summed E-state index contributed by atoms with van der Waals surface area (Å²) < 4.78 is 2.57. The van der Waals surface area contributed by atoms with Crippen LogP contribution in [-0.4, -0.2) is 4.57 Å². The van der Waals surface area contributed by atoms with Gasteiger partial charge in [0.15, 0.2) is 0 Å². The van der Waals surface area contributed by atoms with Gasteiger partial charge in [0.2, 0.25) is 0 Å². The fourth-order valence-corrected chi connectivity index (χ4v) is 7.61. The highest BCUT2D eigenvalue weighted by molar-refractivity contribution is 5.93. The summed E-state index contributed by atoms with van der Waals surface area (Å²) in [6.07, 6.45) is 25.9. The van der Waals surface area contributed by atoms with E-state index in [-0.39, 0.29) is 5.41 Å². The molecule has 2 heteroatoms. The van der Waals surface area contributed by atoms with Gasteiger partial charge in [-0.25, -0.2) is 0 Å². The van der Waals surface area contributed by atoms with Crippen molar-refractivity contribution in [2.24, 2.45) is 0 Å². The number of aryl methyl sites for hydroxylation is 1. The number of rotatable bonds is 4. The van der Waals surface area contributed by atoms with Gasteiger partial charge >= 0.3 is 0 Å². The van der Waals surface area contributed by atoms with Gasteiger partial charge in [0.1, 0.15) is 0 Å². The predicted octanol–water partition coefficient (Wildman–Crippen LogP) is 10.3. The van der Waals surface area contributed by atoms with Gasteiger partial charge in [-0.1, -0.05) is 86.7 Å². The molecule has 8 rings (SSSR count). The monoisotopic (exact) mass is 532 g/mol. The molecule has 0 spiro atoms. The lowest BCUT2D eigenvalue weighted by Crippen LogP contribution is -2.18. The highest BCUT2D eigenvalue weighted by Crippen LogP contribution is 2.50. The van der Waals surface area contributed by atoms with Crippen molar-refractivity contribution in [2.45, 2.75) is 57.4 Å². The Hall–Kier alpha value is -4.30. The van der Waals surface area contributed by atoms with Gasteiger partial charge in [-0.2, -0.15) is 0 Å². The standard InChI is InChI=1S/C39H36N2/c1-39(2)35-19-11-9-17-31(35)33-25-29(21-23-36(33)39)40(27-13-5-3-6-14-27)30-22-24-38-34(26-30)32-18-10-12-20-37(32)41(38)28-15-7-4-8-16-28/h3-5,7-9,11-13,15,17,19-26,28H,6,10,14,16,18H2,1-2H3. The van der Waals surface area contributed by atoms with Crippen LogP contribution < -0.4 is 4.90 Å². The minimum atomic E-state index is 0.0132. The third kappa shape index (κ3) is 3.77. The smallest absolute Gasteiger partial charge is 0.0560 e. The van der Waals surface area contributed by atoms with E-state index >= 15 is 0 Å². The minimum absolute atomic E-state index is 0.0132. The average molecular weight is 533 g/mol. The largest absolute Gasteiger partial charge is 0.333 e. The van der Waals surface area contributed by atoms with E-state index < -0.39 is 0 Å². The van der Waals surface area contributed by atoms with Gasteiger partial charge in [-0.3, -0.25) is 0 Å². The highest BCUT2D eigenvalue weighted by Gasteiger charge is 2.35. The average Bonchev–Trinajstić information content (AvgIpc) is 3.47. The van der Waals surface area contributed by atoms with Crippen molar-refractivity contribution in [1.82, 2.24) is 4.57 Å². The first-order chi connectivity index (χ1) is 20.1. The van der Waals surface area contributed by atoms with Crippen LogP contribution in [0, 0.1) is 0 Å². The number of allylic oxidation sites excluding steroid dienone is 9. The topological polar surface area (TPSA) is 8.17 Å². The first kappa shape index (κ1) is 24.5. The lowest BCUT2D eigenvalue weighted by Gasteiger charge is -2.30. The van der Waals surface area contributed by atoms with Gasteiger partial charge in [0.05, 0.1) is 6.04 Å². The van der Waals surface area contributed by atoms with Crippen LogP contribution in [-0.2, 0) is 11.8 Å². The SMILES string of the molecule is CC1(C)c2ccccc2-c2cc(N(C3=CC=CCC3)c3ccc4c(c3)c3c(n4C4C=CC=CC4)C=CCC3)ccc21. The Morgan fingerprint density at radius 1 is 0.780 bits per heavy atom. The molecule has 1 atom stereocenters. The third-order valence-corrected chi connectivity index (χ3v) is 9.62. The maximum atomic E-state index is 2.57. The Morgan fingerprint density at radius 3 is 2.46 bits per heavy atom. The fourth-order valence-electron chi connectivity index (χ4n) is 7.61. The molecule has 0 amide bonds. The first-order valence-electron chi connectivity index (χ1n) is 15.2. The second-order valence-electron chi connectivity index (χ2n) is 12.4. The molecule has 1 aromatic heterocycles. The maximum Gasteiger partial charge on any atom is 0.0560 e. The molecule has 2 nitrogen and oxygen atoms in total. The lowest BCUT2D eigenvalue weighted by atomic mass is 9.82. The number of benzene rings is 3. The van der Waals surface area contributed by atoms with E-state index in [1.807, 2.05) is 0 Å². The van der Waals surface area contributed by atoms with Crippen LogP contribution in [0.25, 0.3) is 28.1 Å². The van der Waals surface area contributed by atoms with Crippen LogP contribution in [0.1, 0.15) is 68.0 Å². The Bertz CT molecular complexity index is 1850. The maximum absolute atomic E-state index is 2.57. The molecule has 0 saturated carbocycles. The Kier molecular flexibility index (Phi) is 5.60. The van der Waals surface area contributed by atoms with Crippen LogP contribution >= 0.6 is 0 Å². The number of anilines is 2. The number of fused-ring (bicyclic) bond motifs is 6. The van der Waals surface area contributed by atoms with E-state index in [9.17, 15) is 0 Å². The molecule has 1 unspecified atom stereocenters. The van der Waals surface area contributed by atoms with E-state index in [1.165, 1.54) is 61.5 Å². The molecular weight excluding hydrogens is 496 g/mol. The summed E-state index contributed by atoms with van der Waals surface area (Å²) in [5, 5.41) is 1.40. The fraction of sp³-hybridized carbons (Fsp3) is 0.231. The van der Waals surface area contributed by atoms with E-state index in [4.69, 9.17) is 0 Å².